The van der Waals surface area contributed by atoms with E-state index in [0.717, 1.165) is 16.5 Å². The van der Waals surface area contributed by atoms with E-state index in [0.29, 0.717) is 5.69 Å². The van der Waals surface area contributed by atoms with E-state index in [2.05, 4.69) is 15.5 Å². The number of H-pyrrole nitrogens is 1. The monoisotopic (exact) mass is 280 g/mol. The smallest absolute Gasteiger partial charge is 0.294 e. The van der Waals surface area contributed by atoms with Crippen molar-refractivity contribution < 1.29 is 4.92 Å². The highest BCUT2D eigenvalue weighted by Gasteiger charge is 2.11. The molecule has 0 aliphatic rings. The molecular weight excluding hydrogens is 268 g/mol. The first-order valence-corrected chi connectivity index (χ1v) is 6.34. The number of benzene rings is 2. The van der Waals surface area contributed by atoms with Gasteiger partial charge in [-0.25, -0.2) is 0 Å². The molecule has 0 saturated carbocycles. The maximum Gasteiger partial charge on any atom is 0.294 e. The Hall–Kier alpha value is -3.15. The molecule has 0 spiro atoms. The second-order valence-corrected chi connectivity index (χ2v) is 4.43. The van der Waals surface area contributed by atoms with E-state index in [1.807, 2.05) is 30.5 Å². The third-order valence-corrected chi connectivity index (χ3v) is 3.11. The van der Waals surface area contributed by atoms with Crippen LogP contribution in [0.25, 0.3) is 10.9 Å². The number of para-hydroxylation sites is 3. The van der Waals surface area contributed by atoms with E-state index < -0.39 is 4.92 Å². The quantitative estimate of drug-likeness (QED) is 0.435. The maximum absolute atomic E-state index is 10.9. The van der Waals surface area contributed by atoms with Crippen molar-refractivity contribution in [2.75, 3.05) is 5.43 Å². The van der Waals surface area contributed by atoms with E-state index in [1.165, 1.54) is 6.07 Å². The second kappa shape index (κ2) is 5.46. The number of aromatic nitrogens is 1. The lowest BCUT2D eigenvalue weighted by Crippen LogP contribution is -1.96. The Balaban J connectivity index is 1.83. The zero-order valence-electron chi connectivity index (χ0n) is 11.0. The molecule has 0 radical (unpaired) electrons. The molecule has 0 saturated heterocycles. The third kappa shape index (κ3) is 2.59. The lowest BCUT2D eigenvalue weighted by Gasteiger charge is -2.00. The van der Waals surface area contributed by atoms with Gasteiger partial charge in [-0.1, -0.05) is 30.3 Å². The Kier molecular flexibility index (Phi) is 3.34. The van der Waals surface area contributed by atoms with E-state index in [-0.39, 0.29) is 5.69 Å². The zero-order chi connectivity index (χ0) is 14.7. The van der Waals surface area contributed by atoms with Gasteiger partial charge in [0.05, 0.1) is 11.1 Å². The Labute approximate surface area is 120 Å². The molecule has 0 unspecified atom stereocenters. The van der Waals surface area contributed by atoms with Crippen molar-refractivity contribution >= 4 is 28.5 Å². The second-order valence-electron chi connectivity index (χ2n) is 4.43. The number of nitrogens with zero attached hydrogens (tertiary/aromatic N) is 2. The van der Waals surface area contributed by atoms with Crippen LogP contribution < -0.4 is 5.43 Å². The number of rotatable bonds is 4. The van der Waals surface area contributed by atoms with Crippen molar-refractivity contribution in [3.8, 4) is 0 Å². The van der Waals surface area contributed by atoms with Crippen molar-refractivity contribution in [2.45, 2.75) is 0 Å². The van der Waals surface area contributed by atoms with Gasteiger partial charge in [0.2, 0.25) is 0 Å². The number of hydrazone groups is 1. The molecule has 0 aliphatic carbocycles. The first-order valence-electron chi connectivity index (χ1n) is 6.34. The predicted octanol–water partition coefficient (Wildman–Crippen LogP) is 3.52. The lowest BCUT2D eigenvalue weighted by molar-refractivity contribution is -0.384. The largest absolute Gasteiger partial charge is 0.361 e. The Morgan fingerprint density at radius 1 is 1.14 bits per heavy atom. The summed E-state index contributed by atoms with van der Waals surface area (Å²) < 4.78 is 0. The van der Waals surface area contributed by atoms with Gasteiger partial charge in [-0.15, -0.1) is 0 Å². The van der Waals surface area contributed by atoms with E-state index >= 15 is 0 Å². The van der Waals surface area contributed by atoms with Crippen molar-refractivity contribution in [2.24, 2.45) is 5.10 Å². The van der Waals surface area contributed by atoms with Crippen LogP contribution in [-0.2, 0) is 0 Å². The fourth-order valence-electron chi connectivity index (χ4n) is 2.10. The molecule has 6 nitrogen and oxygen atoms in total. The highest BCUT2D eigenvalue weighted by molar-refractivity contribution is 5.99. The normalized spacial score (nSPS) is 11.0. The summed E-state index contributed by atoms with van der Waals surface area (Å²) >= 11 is 0. The fourth-order valence-corrected chi connectivity index (χ4v) is 2.10. The summed E-state index contributed by atoms with van der Waals surface area (Å²) in [6.45, 7) is 0. The van der Waals surface area contributed by atoms with Crippen LogP contribution in [0.4, 0.5) is 11.4 Å². The minimum Gasteiger partial charge on any atom is -0.361 e. The minimum absolute atomic E-state index is 0.00595. The summed E-state index contributed by atoms with van der Waals surface area (Å²) in [6.07, 6.45) is 3.48. The molecule has 1 aromatic heterocycles. The van der Waals surface area contributed by atoms with Crippen molar-refractivity contribution in [3.05, 3.63) is 70.4 Å². The summed E-state index contributed by atoms with van der Waals surface area (Å²) in [6, 6.07) is 14.2. The predicted molar refractivity (Wildman–Crippen MR) is 82.6 cm³/mol. The van der Waals surface area contributed by atoms with Crippen LogP contribution in [-0.4, -0.2) is 16.1 Å². The number of fused-ring (bicyclic) bond motifs is 1. The number of aromatic amines is 1. The van der Waals surface area contributed by atoms with Crippen LogP contribution in [0.5, 0.6) is 0 Å². The van der Waals surface area contributed by atoms with Gasteiger partial charge in [0.1, 0.15) is 5.69 Å². The average Bonchev–Trinajstić information content (AvgIpc) is 2.91. The molecular formula is C15H12N4O2. The molecule has 0 bridgehead atoms. The summed E-state index contributed by atoms with van der Waals surface area (Å²) in [5.41, 5.74) is 5.00. The lowest BCUT2D eigenvalue weighted by atomic mass is 10.2. The number of hydrogen-bond acceptors (Lipinski definition) is 4. The van der Waals surface area contributed by atoms with Crippen LogP contribution in [0.3, 0.4) is 0 Å². The standard InChI is InChI=1S/C15H12N4O2/c20-19(21)15-8-4-3-7-14(15)18-17-10-11-9-16-13-6-2-1-5-12(11)13/h1-10,16,18H/b17-10+. The van der Waals surface area contributed by atoms with Crippen LogP contribution in [0.15, 0.2) is 59.8 Å². The van der Waals surface area contributed by atoms with Gasteiger partial charge in [-0.05, 0) is 12.1 Å². The molecule has 1 heterocycles. The van der Waals surface area contributed by atoms with E-state index in [4.69, 9.17) is 0 Å². The summed E-state index contributed by atoms with van der Waals surface area (Å²) in [5.74, 6) is 0. The van der Waals surface area contributed by atoms with E-state index in [9.17, 15) is 10.1 Å². The Bertz CT molecular complexity index is 823. The first-order chi connectivity index (χ1) is 10.3. The van der Waals surface area contributed by atoms with Crippen LogP contribution in [0.2, 0.25) is 0 Å². The molecule has 0 amide bonds. The summed E-state index contributed by atoms with van der Waals surface area (Å²) in [5, 5.41) is 16.0. The minimum atomic E-state index is -0.441. The average molecular weight is 280 g/mol. The number of hydrogen-bond donors (Lipinski definition) is 2. The molecule has 2 aromatic carbocycles. The van der Waals surface area contributed by atoms with Crippen LogP contribution >= 0.6 is 0 Å². The van der Waals surface area contributed by atoms with Gasteiger partial charge in [-0.3, -0.25) is 15.5 Å². The number of nitro benzene ring substituents is 1. The highest BCUT2D eigenvalue weighted by atomic mass is 16.6. The fraction of sp³-hybridized carbons (Fsp3) is 0. The molecule has 0 aliphatic heterocycles. The number of nitrogens with one attached hydrogen (secondary N) is 2. The molecule has 2 N–H and O–H groups in total. The van der Waals surface area contributed by atoms with Crippen LogP contribution in [0.1, 0.15) is 5.56 Å². The molecule has 21 heavy (non-hydrogen) atoms. The molecule has 6 heteroatoms. The zero-order valence-corrected chi connectivity index (χ0v) is 11.0. The third-order valence-electron chi connectivity index (χ3n) is 3.11. The molecule has 3 aromatic rings. The van der Waals surface area contributed by atoms with Gasteiger partial charge in [0.25, 0.3) is 5.69 Å². The van der Waals surface area contributed by atoms with Gasteiger partial charge >= 0.3 is 0 Å². The van der Waals surface area contributed by atoms with Gasteiger partial charge in [0.15, 0.2) is 0 Å². The highest BCUT2D eigenvalue weighted by Crippen LogP contribution is 2.23. The van der Waals surface area contributed by atoms with Crippen molar-refractivity contribution in [1.82, 2.24) is 4.98 Å². The number of anilines is 1. The maximum atomic E-state index is 10.9. The topological polar surface area (TPSA) is 83.3 Å². The SMILES string of the molecule is O=[N+]([O-])c1ccccc1N/N=C/c1c[nH]c2ccccc12. The summed E-state index contributed by atoms with van der Waals surface area (Å²) in [7, 11) is 0. The Morgan fingerprint density at radius 2 is 1.90 bits per heavy atom. The van der Waals surface area contributed by atoms with Gasteiger partial charge in [-0.2, -0.15) is 5.10 Å². The molecule has 104 valence electrons. The van der Waals surface area contributed by atoms with Crippen LogP contribution in [0, 0.1) is 10.1 Å². The van der Waals surface area contributed by atoms with Crippen molar-refractivity contribution in [3.63, 3.8) is 0 Å². The molecule has 0 atom stereocenters. The molecule has 3 rings (SSSR count). The number of nitro groups is 1. The Morgan fingerprint density at radius 3 is 2.76 bits per heavy atom. The first kappa shape index (κ1) is 12.9. The van der Waals surface area contributed by atoms with Crippen molar-refractivity contribution in [1.29, 1.82) is 0 Å². The van der Waals surface area contributed by atoms with E-state index in [1.54, 1.807) is 24.4 Å². The van der Waals surface area contributed by atoms with Gasteiger partial charge < -0.3 is 4.98 Å². The summed E-state index contributed by atoms with van der Waals surface area (Å²) in [4.78, 5) is 13.6. The van der Waals surface area contributed by atoms with Gasteiger partial charge in [0, 0.05) is 28.7 Å². The molecule has 0 fully saturated rings.